The molecule has 0 unspecified atom stereocenters. The van der Waals surface area contributed by atoms with E-state index in [1.165, 1.54) is 12.4 Å². The molecule has 1 aromatic heterocycles. The zero-order valence-corrected chi connectivity index (χ0v) is 7.51. The summed E-state index contributed by atoms with van der Waals surface area (Å²) in [5, 5.41) is 0. The molecule has 0 atom stereocenters. The van der Waals surface area contributed by atoms with Crippen LogP contribution in [0.3, 0.4) is 0 Å². The number of nitrogens with zero attached hydrogens (tertiary/aromatic N) is 3. The Balaban J connectivity index is 2.03. The molecule has 14 heavy (non-hydrogen) atoms. The summed E-state index contributed by atoms with van der Waals surface area (Å²) in [6, 6.07) is 0. The highest BCUT2D eigenvalue weighted by Crippen LogP contribution is 2.07. The highest BCUT2D eigenvalue weighted by Gasteiger charge is 2.22. The second-order valence-electron chi connectivity index (χ2n) is 2.97. The first-order chi connectivity index (χ1) is 6.75. The van der Waals surface area contributed by atoms with Crippen molar-refractivity contribution in [3.8, 4) is 0 Å². The lowest BCUT2D eigenvalue weighted by Crippen LogP contribution is -2.24. The van der Waals surface area contributed by atoms with Gasteiger partial charge in [-0.05, 0) is 0 Å². The van der Waals surface area contributed by atoms with Crippen LogP contribution in [0.1, 0.15) is 5.82 Å². The molecule has 0 bridgehead atoms. The lowest BCUT2D eigenvalue weighted by molar-refractivity contribution is 0.156. The maximum absolute atomic E-state index is 11.1. The standard InChI is InChI=1S/C8H10N4O2/c9-6-3-10-7(11-4-6)5-12-1-2-14-8(12)13/h3-4H,1-2,5,9H2. The number of cyclic esters (lactones) is 1. The van der Waals surface area contributed by atoms with Gasteiger partial charge in [-0.1, -0.05) is 0 Å². The fourth-order valence-corrected chi connectivity index (χ4v) is 1.19. The predicted molar refractivity (Wildman–Crippen MR) is 48.2 cm³/mol. The molecule has 1 fully saturated rings. The Hall–Kier alpha value is -1.85. The van der Waals surface area contributed by atoms with E-state index in [2.05, 4.69) is 9.97 Å². The second kappa shape index (κ2) is 3.49. The number of ether oxygens (including phenoxy) is 1. The molecule has 6 heteroatoms. The van der Waals surface area contributed by atoms with Gasteiger partial charge in [0.1, 0.15) is 12.4 Å². The third-order valence-electron chi connectivity index (χ3n) is 1.90. The maximum Gasteiger partial charge on any atom is 0.410 e. The summed E-state index contributed by atoms with van der Waals surface area (Å²) in [4.78, 5) is 20.6. The van der Waals surface area contributed by atoms with Crippen LogP contribution < -0.4 is 5.73 Å². The van der Waals surface area contributed by atoms with Crippen LogP contribution in [0, 0.1) is 0 Å². The summed E-state index contributed by atoms with van der Waals surface area (Å²) < 4.78 is 4.77. The van der Waals surface area contributed by atoms with Crippen LogP contribution in [0.2, 0.25) is 0 Å². The zero-order valence-electron chi connectivity index (χ0n) is 7.51. The van der Waals surface area contributed by atoms with Crippen molar-refractivity contribution in [1.82, 2.24) is 14.9 Å². The predicted octanol–water partition coefficient (Wildman–Crippen LogP) is 0.0110. The fourth-order valence-electron chi connectivity index (χ4n) is 1.19. The molecule has 0 aromatic carbocycles. The van der Waals surface area contributed by atoms with E-state index in [0.717, 1.165) is 0 Å². The summed E-state index contributed by atoms with van der Waals surface area (Å²) in [6.07, 6.45) is 2.72. The number of hydrogen-bond donors (Lipinski definition) is 1. The van der Waals surface area contributed by atoms with Gasteiger partial charge in [0.15, 0.2) is 0 Å². The van der Waals surface area contributed by atoms with E-state index in [-0.39, 0.29) is 6.09 Å². The van der Waals surface area contributed by atoms with E-state index in [9.17, 15) is 4.79 Å². The minimum Gasteiger partial charge on any atom is -0.448 e. The van der Waals surface area contributed by atoms with Crippen molar-refractivity contribution in [2.45, 2.75) is 6.54 Å². The molecular weight excluding hydrogens is 184 g/mol. The Labute approximate surface area is 80.7 Å². The van der Waals surface area contributed by atoms with Crippen LogP contribution in [-0.4, -0.2) is 34.1 Å². The molecule has 74 valence electrons. The van der Waals surface area contributed by atoms with Crippen molar-refractivity contribution in [2.75, 3.05) is 18.9 Å². The van der Waals surface area contributed by atoms with Crippen LogP contribution in [0.25, 0.3) is 0 Å². The minimum absolute atomic E-state index is 0.314. The lowest BCUT2D eigenvalue weighted by Gasteiger charge is -2.10. The Kier molecular flexibility index (Phi) is 2.18. The van der Waals surface area contributed by atoms with Gasteiger partial charge >= 0.3 is 6.09 Å². The average Bonchev–Trinajstić information content (AvgIpc) is 2.56. The van der Waals surface area contributed by atoms with Crippen LogP contribution in [0.5, 0.6) is 0 Å². The third kappa shape index (κ3) is 1.73. The average molecular weight is 194 g/mol. The van der Waals surface area contributed by atoms with Crippen molar-refractivity contribution in [3.05, 3.63) is 18.2 Å². The number of amides is 1. The van der Waals surface area contributed by atoms with E-state index < -0.39 is 0 Å². The normalized spacial score (nSPS) is 15.7. The molecule has 1 saturated heterocycles. The van der Waals surface area contributed by atoms with Gasteiger partial charge in [0.05, 0.1) is 31.2 Å². The Morgan fingerprint density at radius 2 is 2.21 bits per heavy atom. The number of carbonyl (C=O) groups excluding carboxylic acids is 1. The quantitative estimate of drug-likeness (QED) is 0.717. The molecule has 1 aliphatic rings. The second-order valence-corrected chi connectivity index (χ2v) is 2.97. The molecule has 1 aromatic rings. The van der Waals surface area contributed by atoms with Gasteiger partial charge in [-0.25, -0.2) is 14.8 Å². The van der Waals surface area contributed by atoms with Crippen LogP contribution in [-0.2, 0) is 11.3 Å². The van der Waals surface area contributed by atoms with Gasteiger partial charge < -0.3 is 10.5 Å². The molecule has 1 amide bonds. The van der Waals surface area contributed by atoms with Gasteiger partial charge in [0.25, 0.3) is 0 Å². The first kappa shape index (κ1) is 8.74. The van der Waals surface area contributed by atoms with E-state index >= 15 is 0 Å². The molecule has 6 nitrogen and oxygen atoms in total. The molecule has 0 aliphatic carbocycles. The highest BCUT2D eigenvalue weighted by atomic mass is 16.6. The van der Waals surface area contributed by atoms with Crippen molar-refractivity contribution in [1.29, 1.82) is 0 Å². The van der Waals surface area contributed by atoms with Crippen molar-refractivity contribution in [3.63, 3.8) is 0 Å². The summed E-state index contributed by atoms with van der Waals surface area (Å²) >= 11 is 0. The number of nitrogen functional groups attached to an aromatic ring is 1. The Morgan fingerprint density at radius 3 is 2.79 bits per heavy atom. The number of hydrogen-bond acceptors (Lipinski definition) is 5. The number of carbonyl (C=O) groups is 1. The smallest absolute Gasteiger partial charge is 0.410 e. The summed E-state index contributed by atoms with van der Waals surface area (Å²) in [5.41, 5.74) is 5.94. The topological polar surface area (TPSA) is 81.3 Å². The monoisotopic (exact) mass is 194 g/mol. The van der Waals surface area contributed by atoms with Gasteiger partial charge in [-0.3, -0.25) is 4.90 Å². The molecule has 0 spiro atoms. The number of anilines is 1. The van der Waals surface area contributed by atoms with E-state index in [1.807, 2.05) is 0 Å². The molecule has 0 radical (unpaired) electrons. The summed E-state index contributed by atoms with van der Waals surface area (Å²) in [6.45, 7) is 1.40. The lowest BCUT2D eigenvalue weighted by atomic mass is 10.4. The number of rotatable bonds is 2. The van der Waals surface area contributed by atoms with Crippen molar-refractivity contribution < 1.29 is 9.53 Å². The molecule has 1 aliphatic heterocycles. The van der Waals surface area contributed by atoms with Crippen LogP contribution in [0.4, 0.5) is 10.5 Å². The third-order valence-corrected chi connectivity index (χ3v) is 1.90. The van der Waals surface area contributed by atoms with Gasteiger partial charge in [-0.2, -0.15) is 0 Å². The van der Waals surface area contributed by atoms with Crippen LogP contribution in [0.15, 0.2) is 12.4 Å². The van der Waals surface area contributed by atoms with Crippen molar-refractivity contribution in [2.24, 2.45) is 0 Å². The minimum atomic E-state index is -0.314. The maximum atomic E-state index is 11.1. The van der Waals surface area contributed by atoms with E-state index in [0.29, 0.717) is 31.2 Å². The largest absolute Gasteiger partial charge is 0.448 e. The fraction of sp³-hybridized carbons (Fsp3) is 0.375. The van der Waals surface area contributed by atoms with Crippen LogP contribution >= 0.6 is 0 Å². The molecule has 2 rings (SSSR count). The number of nitrogens with two attached hydrogens (primary N) is 1. The summed E-state index contributed by atoms with van der Waals surface area (Å²) in [7, 11) is 0. The van der Waals surface area contributed by atoms with Gasteiger partial charge in [-0.15, -0.1) is 0 Å². The van der Waals surface area contributed by atoms with Gasteiger partial charge in [0, 0.05) is 0 Å². The van der Waals surface area contributed by atoms with E-state index in [4.69, 9.17) is 10.5 Å². The molecule has 2 N–H and O–H groups in total. The molecular formula is C8H10N4O2. The highest BCUT2D eigenvalue weighted by molar-refractivity contribution is 5.69. The van der Waals surface area contributed by atoms with Crippen molar-refractivity contribution >= 4 is 11.8 Å². The van der Waals surface area contributed by atoms with E-state index in [1.54, 1.807) is 4.90 Å². The number of aromatic nitrogens is 2. The molecule has 0 saturated carbocycles. The SMILES string of the molecule is Nc1cnc(CN2CCOC2=O)nc1. The Morgan fingerprint density at radius 1 is 1.50 bits per heavy atom. The molecule has 2 heterocycles. The summed E-state index contributed by atoms with van der Waals surface area (Å²) in [5.74, 6) is 0.568. The Bertz CT molecular complexity index is 338. The first-order valence-corrected chi connectivity index (χ1v) is 4.24. The van der Waals surface area contributed by atoms with Gasteiger partial charge in [0.2, 0.25) is 0 Å². The zero-order chi connectivity index (χ0) is 9.97. The first-order valence-electron chi connectivity index (χ1n) is 4.24.